The van der Waals surface area contributed by atoms with Gasteiger partial charge in [-0.15, -0.1) is 0 Å². The number of hydrazine groups is 1. The molecule has 2 rings (SSSR count). The molecular weight excluding hydrogens is 212 g/mol. The Morgan fingerprint density at radius 2 is 1.65 bits per heavy atom. The lowest BCUT2D eigenvalue weighted by Gasteiger charge is -2.08. The van der Waals surface area contributed by atoms with Crippen LogP contribution in [0.15, 0.2) is 42.5 Å². The van der Waals surface area contributed by atoms with Crippen LogP contribution in [0.5, 0.6) is 0 Å². The van der Waals surface area contributed by atoms with E-state index in [1.807, 2.05) is 56.3 Å². The second-order valence-electron chi connectivity index (χ2n) is 4.32. The van der Waals surface area contributed by atoms with Gasteiger partial charge in [-0.25, -0.2) is 5.43 Å². The zero-order chi connectivity index (χ0) is 12.3. The molecule has 0 saturated heterocycles. The summed E-state index contributed by atoms with van der Waals surface area (Å²) in [5.41, 5.74) is 8.40. The van der Waals surface area contributed by atoms with Crippen LogP contribution in [-0.2, 0) is 0 Å². The van der Waals surface area contributed by atoms with E-state index in [2.05, 4.69) is 10.9 Å². The van der Waals surface area contributed by atoms with Crippen LogP contribution in [-0.4, -0.2) is 11.9 Å². The fourth-order valence-electron chi connectivity index (χ4n) is 1.63. The second kappa shape index (κ2) is 4.97. The average molecular weight is 228 g/mol. The number of rotatable bonds is 3. The number of nitrogens with one attached hydrogen (secondary N) is 2. The van der Waals surface area contributed by atoms with Gasteiger partial charge in [-0.1, -0.05) is 30.3 Å². The molecule has 0 aromatic rings. The summed E-state index contributed by atoms with van der Waals surface area (Å²) in [5.74, 6) is -0.0995. The van der Waals surface area contributed by atoms with Crippen LogP contribution in [0.1, 0.15) is 24.2 Å². The number of hydrogen-bond donors (Lipinski definition) is 2. The molecule has 0 aromatic carbocycles. The van der Waals surface area contributed by atoms with E-state index in [4.69, 9.17) is 0 Å². The van der Waals surface area contributed by atoms with E-state index in [1.54, 1.807) is 0 Å². The summed E-state index contributed by atoms with van der Waals surface area (Å²) in [4.78, 5) is 11.8. The van der Waals surface area contributed by atoms with Crippen LogP contribution >= 0.6 is 0 Å². The van der Waals surface area contributed by atoms with Crippen LogP contribution in [0, 0.1) is 0 Å². The summed E-state index contributed by atoms with van der Waals surface area (Å²) in [7, 11) is 0. The fraction of sp³-hybridized carbons (Fsp3) is 0.214. The molecule has 17 heavy (non-hydrogen) atoms. The molecule has 3 heteroatoms. The lowest BCUT2D eigenvalue weighted by Crippen LogP contribution is -2.41. The van der Waals surface area contributed by atoms with E-state index >= 15 is 0 Å². The Balaban J connectivity index is 2.20. The van der Waals surface area contributed by atoms with Gasteiger partial charge in [0.2, 0.25) is 0 Å². The van der Waals surface area contributed by atoms with Gasteiger partial charge in [0.05, 0.1) is 0 Å². The summed E-state index contributed by atoms with van der Waals surface area (Å²) in [6, 6.07) is 13.9. The van der Waals surface area contributed by atoms with E-state index in [-0.39, 0.29) is 11.9 Å². The third kappa shape index (κ3) is 2.82. The summed E-state index contributed by atoms with van der Waals surface area (Å²) in [6.45, 7) is 3.95. The molecule has 3 nitrogen and oxygen atoms in total. The maximum absolute atomic E-state index is 11.8. The van der Waals surface area contributed by atoms with Crippen LogP contribution < -0.4 is 10.9 Å². The van der Waals surface area contributed by atoms with Gasteiger partial charge in [-0.05, 0) is 37.1 Å². The minimum atomic E-state index is -0.0995. The number of fused-ring (bicyclic) bond motifs is 1. The van der Waals surface area contributed by atoms with Gasteiger partial charge in [0, 0.05) is 11.6 Å². The highest BCUT2D eigenvalue weighted by molar-refractivity contribution is 5.97. The van der Waals surface area contributed by atoms with Crippen LogP contribution in [0.4, 0.5) is 0 Å². The Morgan fingerprint density at radius 1 is 1.06 bits per heavy atom. The maximum atomic E-state index is 11.8. The SMILES string of the molecule is CC(C)NNC(=O)c1cc2cccccc-2c1. The highest BCUT2D eigenvalue weighted by Gasteiger charge is 2.11. The summed E-state index contributed by atoms with van der Waals surface area (Å²) in [5, 5.41) is 0. The lowest BCUT2D eigenvalue weighted by molar-refractivity contribution is 0.0928. The highest BCUT2D eigenvalue weighted by Crippen LogP contribution is 2.24. The van der Waals surface area contributed by atoms with Gasteiger partial charge in [0.15, 0.2) is 0 Å². The minimum Gasteiger partial charge on any atom is -0.287 e. The zero-order valence-corrected chi connectivity index (χ0v) is 10.0. The van der Waals surface area contributed by atoms with E-state index in [1.165, 1.54) is 0 Å². The lowest BCUT2D eigenvalue weighted by atomic mass is 10.2. The molecule has 0 unspecified atom stereocenters. The van der Waals surface area contributed by atoms with Crippen molar-refractivity contribution in [2.45, 2.75) is 19.9 Å². The number of carbonyl (C=O) groups excluding carboxylic acids is 1. The van der Waals surface area contributed by atoms with E-state index < -0.39 is 0 Å². The number of carbonyl (C=O) groups is 1. The van der Waals surface area contributed by atoms with Gasteiger partial charge in [0.25, 0.3) is 5.91 Å². The normalized spacial score (nSPS) is 10.8. The predicted octanol–water partition coefficient (Wildman–Crippen LogP) is 2.43. The van der Waals surface area contributed by atoms with Crippen LogP contribution in [0.3, 0.4) is 0 Å². The van der Waals surface area contributed by atoms with E-state index in [0.29, 0.717) is 5.56 Å². The third-order valence-corrected chi connectivity index (χ3v) is 2.47. The first-order valence-corrected chi connectivity index (χ1v) is 5.71. The summed E-state index contributed by atoms with van der Waals surface area (Å²) < 4.78 is 0. The first-order chi connectivity index (χ1) is 8.16. The molecule has 0 saturated carbocycles. The molecule has 1 amide bonds. The van der Waals surface area contributed by atoms with E-state index in [0.717, 1.165) is 11.1 Å². The van der Waals surface area contributed by atoms with Crippen LogP contribution in [0.25, 0.3) is 11.1 Å². The Bertz CT molecular complexity index is 463. The Hall–Kier alpha value is -1.87. The van der Waals surface area contributed by atoms with Gasteiger partial charge in [0.1, 0.15) is 0 Å². The fourth-order valence-corrected chi connectivity index (χ4v) is 1.63. The van der Waals surface area contributed by atoms with Crippen molar-refractivity contribution in [3.8, 4) is 11.1 Å². The first kappa shape index (κ1) is 11.6. The molecule has 0 heterocycles. The molecule has 0 atom stereocenters. The molecule has 0 aliphatic heterocycles. The second-order valence-corrected chi connectivity index (χ2v) is 4.32. The van der Waals surface area contributed by atoms with Crippen molar-refractivity contribution in [3.63, 3.8) is 0 Å². The van der Waals surface area contributed by atoms with Crippen molar-refractivity contribution in [1.29, 1.82) is 0 Å². The molecule has 2 N–H and O–H groups in total. The summed E-state index contributed by atoms with van der Waals surface area (Å²) in [6.07, 6.45) is 0. The predicted molar refractivity (Wildman–Crippen MR) is 68.8 cm³/mol. The van der Waals surface area contributed by atoms with Crippen molar-refractivity contribution < 1.29 is 4.79 Å². The van der Waals surface area contributed by atoms with Gasteiger partial charge >= 0.3 is 0 Å². The zero-order valence-electron chi connectivity index (χ0n) is 10.0. The van der Waals surface area contributed by atoms with Crippen molar-refractivity contribution >= 4 is 5.91 Å². The molecule has 0 fully saturated rings. The molecule has 0 spiro atoms. The maximum Gasteiger partial charge on any atom is 0.265 e. The average Bonchev–Trinajstić information content (AvgIpc) is 2.58. The molecule has 88 valence electrons. The molecule has 0 aromatic heterocycles. The molecule has 0 radical (unpaired) electrons. The first-order valence-electron chi connectivity index (χ1n) is 5.71. The minimum absolute atomic E-state index is 0.0995. The molecular formula is C14H16N2O. The topological polar surface area (TPSA) is 41.1 Å². The van der Waals surface area contributed by atoms with Gasteiger partial charge in [-0.3, -0.25) is 10.2 Å². The van der Waals surface area contributed by atoms with Crippen molar-refractivity contribution in [2.24, 2.45) is 0 Å². The molecule has 0 bridgehead atoms. The number of hydrogen-bond acceptors (Lipinski definition) is 2. The quantitative estimate of drug-likeness (QED) is 0.792. The van der Waals surface area contributed by atoms with E-state index in [9.17, 15) is 4.79 Å². The number of amides is 1. The van der Waals surface area contributed by atoms with Crippen molar-refractivity contribution in [1.82, 2.24) is 10.9 Å². The summed E-state index contributed by atoms with van der Waals surface area (Å²) >= 11 is 0. The highest BCUT2D eigenvalue weighted by atomic mass is 16.2. The third-order valence-electron chi connectivity index (χ3n) is 2.47. The van der Waals surface area contributed by atoms with Crippen LogP contribution in [0.2, 0.25) is 0 Å². The monoisotopic (exact) mass is 228 g/mol. The van der Waals surface area contributed by atoms with Gasteiger partial charge in [-0.2, -0.15) is 0 Å². The Morgan fingerprint density at radius 3 is 2.18 bits per heavy atom. The van der Waals surface area contributed by atoms with Crippen molar-refractivity contribution in [3.05, 3.63) is 48.0 Å². The van der Waals surface area contributed by atoms with Gasteiger partial charge < -0.3 is 0 Å². The largest absolute Gasteiger partial charge is 0.287 e. The Labute approximate surface area is 101 Å². The van der Waals surface area contributed by atoms with Crippen molar-refractivity contribution in [2.75, 3.05) is 0 Å². The Kier molecular flexibility index (Phi) is 3.40. The smallest absolute Gasteiger partial charge is 0.265 e. The molecule has 2 aliphatic carbocycles. The standard InChI is InChI=1S/C14H16N2O/c1-10(2)15-16-14(17)13-8-11-6-4-3-5-7-12(11)9-13/h3-10,15H,1-2H3,(H,16,17). The molecule has 2 aliphatic rings.